The van der Waals surface area contributed by atoms with Crippen LogP contribution in [-0.2, 0) is 0 Å². The van der Waals surface area contributed by atoms with Gasteiger partial charge in [0.15, 0.2) is 0 Å². The normalized spacial score (nSPS) is 22.1. The number of halogens is 2. The highest BCUT2D eigenvalue weighted by Gasteiger charge is 2.12. The van der Waals surface area contributed by atoms with Crippen LogP contribution < -0.4 is 10.6 Å². The molecule has 1 unspecified atom stereocenters. The van der Waals surface area contributed by atoms with E-state index in [1.165, 1.54) is 12.4 Å². The molecule has 0 fully saturated rings. The van der Waals surface area contributed by atoms with Crippen LogP contribution in [0.1, 0.15) is 42.2 Å². The Hall–Kier alpha value is -2.63. The number of hydrogen-bond acceptors (Lipinski definition) is 4. The van der Waals surface area contributed by atoms with E-state index in [0.29, 0.717) is 27.4 Å². The summed E-state index contributed by atoms with van der Waals surface area (Å²) in [4.78, 5) is 20.8. The Bertz CT molecular complexity index is 984. The lowest BCUT2D eigenvalue weighted by Crippen LogP contribution is -2.19. The average Bonchev–Trinajstić information content (AvgIpc) is 2.67. The molecular formula is C22H22Cl2N4O. The number of benzene rings is 1. The topological polar surface area (TPSA) is 66.4 Å². The average molecular weight is 429 g/mol. The Morgan fingerprint density at radius 3 is 2.86 bits per heavy atom. The Labute approximate surface area is 180 Å². The predicted octanol–water partition coefficient (Wildman–Crippen LogP) is 5.71. The van der Waals surface area contributed by atoms with E-state index in [1.54, 1.807) is 6.07 Å². The van der Waals surface area contributed by atoms with Crippen LogP contribution in [0.4, 0.5) is 5.69 Å². The van der Waals surface area contributed by atoms with Crippen LogP contribution in [0, 0.1) is 5.92 Å². The zero-order valence-electron chi connectivity index (χ0n) is 16.2. The number of anilines is 1. The van der Waals surface area contributed by atoms with Crippen LogP contribution in [0.5, 0.6) is 0 Å². The summed E-state index contributed by atoms with van der Waals surface area (Å²) in [5.41, 5.74) is 2.09. The first-order valence-corrected chi connectivity index (χ1v) is 10.1. The highest BCUT2D eigenvalue weighted by molar-refractivity contribution is 6.68. The van der Waals surface area contributed by atoms with Gasteiger partial charge in [0.1, 0.15) is 11.0 Å². The number of carbonyl (C=O) groups is 1. The molecule has 7 heteroatoms. The summed E-state index contributed by atoms with van der Waals surface area (Å²) in [5, 5.41) is 7.14. The summed E-state index contributed by atoms with van der Waals surface area (Å²) in [7, 11) is 0. The minimum Gasteiger partial charge on any atom is -0.364 e. The fraction of sp³-hybridized carbons (Fsp3) is 0.227. The van der Waals surface area contributed by atoms with E-state index in [0.717, 1.165) is 17.8 Å². The monoisotopic (exact) mass is 428 g/mol. The summed E-state index contributed by atoms with van der Waals surface area (Å²) >= 11 is 12.1. The van der Waals surface area contributed by atoms with Crippen molar-refractivity contribution in [3.8, 4) is 0 Å². The molecule has 2 aromatic rings. The van der Waals surface area contributed by atoms with Gasteiger partial charge in [-0.25, -0.2) is 4.99 Å². The Kier molecular flexibility index (Phi) is 7.07. The molecule has 1 aromatic heterocycles. The Morgan fingerprint density at radius 2 is 2.07 bits per heavy atom. The van der Waals surface area contributed by atoms with Gasteiger partial charge in [0.2, 0.25) is 0 Å². The van der Waals surface area contributed by atoms with Gasteiger partial charge in [-0.1, -0.05) is 48.3 Å². The zero-order valence-corrected chi connectivity index (χ0v) is 17.7. The van der Waals surface area contributed by atoms with Crippen LogP contribution in [0.3, 0.4) is 0 Å². The van der Waals surface area contributed by atoms with E-state index >= 15 is 0 Å². The fourth-order valence-corrected chi connectivity index (χ4v) is 3.27. The maximum Gasteiger partial charge on any atom is 0.257 e. The first-order valence-electron chi connectivity index (χ1n) is 9.31. The number of aromatic nitrogens is 1. The second-order valence-corrected chi connectivity index (χ2v) is 7.76. The third-order valence-electron chi connectivity index (χ3n) is 4.41. The van der Waals surface area contributed by atoms with Crippen molar-refractivity contribution in [2.24, 2.45) is 10.9 Å². The molecule has 1 aromatic carbocycles. The van der Waals surface area contributed by atoms with Gasteiger partial charge in [-0.05, 0) is 55.2 Å². The number of hydrogen-bond donors (Lipinski definition) is 2. The smallest absolute Gasteiger partial charge is 0.257 e. The molecule has 150 valence electrons. The van der Waals surface area contributed by atoms with E-state index in [9.17, 15) is 4.79 Å². The first kappa shape index (κ1) is 21.1. The number of aliphatic imine (C=N–C) groups is 1. The molecule has 2 atom stereocenters. The summed E-state index contributed by atoms with van der Waals surface area (Å²) in [6.07, 6.45) is 9.79. The van der Waals surface area contributed by atoms with Crippen molar-refractivity contribution in [3.63, 3.8) is 0 Å². The third-order valence-corrected chi connectivity index (χ3v) is 4.83. The van der Waals surface area contributed by atoms with Crippen molar-refractivity contribution in [2.45, 2.75) is 26.3 Å². The van der Waals surface area contributed by atoms with E-state index in [-0.39, 0.29) is 11.9 Å². The number of carbonyl (C=O) groups excluding carboxylic acids is 1. The molecule has 0 radical (unpaired) electrons. The maximum atomic E-state index is 12.4. The zero-order chi connectivity index (χ0) is 20.8. The van der Waals surface area contributed by atoms with Crippen molar-refractivity contribution in [3.05, 3.63) is 82.9 Å². The van der Waals surface area contributed by atoms with Crippen molar-refractivity contribution >= 4 is 40.0 Å². The van der Waals surface area contributed by atoms with E-state index < -0.39 is 0 Å². The van der Waals surface area contributed by atoms with Crippen LogP contribution in [-0.4, -0.2) is 16.1 Å². The number of nitrogens with zero attached hydrogens (tertiary/aromatic N) is 2. The second-order valence-electron chi connectivity index (χ2n) is 6.94. The number of pyridine rings is 1. The third kappa shape index (κ3) is 6.17. The van der Waals surface area contributed by atoms with Crippen LogP contribution in [0.2, 0.25) is 5.02 Å². The SMILES string of the molecule is CC1\C=C(N[C@@H](C)c2cccc(NC(=O)c3cncc(Cl)c3)c2)/N=C(Cl)/C=C/C1. The first-order chi connectivity index (χ1) is 13.9. The molecule has 0 saturated heterocycles. The molecular weight excluding hydrogens is 407 g/mol. The van der Waals surface area contributed by atoms with Gasteiger partial charge >= 0.3 is 0 Å². The van der Waals surface area contributed by atoms with Crippen molar-refractivity contribution in [2.75, 3.05) is 5.32 Å². The lowest BCUT2D eigenvalue weighted by Gasteiger charge is -2.19. The van der Waals surface area contributed by atoms with Gasteiger partial charge in [0.05, 0.1) is 16.6 Å². The van der Waals surface area contributed by atoms with Crippen molar-refractivity contribution < 1.29 is 4.79 Å². The molecule has 29 heavy (non-hydrogen) atoms. The minimum atomic E-state index is -0.266. The number of amides is 1. The standard InChI is InChI=1S/C22H22Cl2N4O/c1-14-5-3-8-20(24)28-21(9-14)26-15(2)16-6-4-7-19(11-16)27-22(29)17-10-18(23)13-25-12-17/h3-4,6-15,26H,5H2,1-2H3,(H,27,29)/b8-3+,21-9-,28-20-/t14?,15-/m0/s1. The molecule has 3 rings (SSSR count). The molecule has 1 amide bonds. The molecule has 2 N–H and O–H groups in total. The summed E-state index contributed by atoms with van der Waals surface area (Å²) in [6.45, 7) is 4.16. The lowest BCUT2D eigenvalue weighted by atomic mass is 10.1. The number of rotatable bonds is 5. The molecule has 0 bridgehead atoms. The Morgan fingerprint density at radius 1 is 1.24 bits per heavy atom. The van der Waals surface area contributed by atoms with E-state index in [2.05, 4.69) is 33.6 Å². The molecule has 0 saturated carbocycles. The largest absolute Gasteiger partial charge is 0.364 e. The Balaban J connectivity index is 1.73. The second kappa shape index (κ2) is 9.72. The van der Waals surface area contributed by atoms with Gasteiger partial charge in [-0.3, -0.25) is 9.78 Å². The fourth-order valence-electron chi connectivity index (χ4n) is 2.92. The number of allylic oxidation sites excluding steroid dienone is 3. The number of nitrogens with one attached hydrogen (secondary N) is 2. The summed E-state index contributed by atoms with van der Waals surface area (Å²) < 4.78 is 0. The summed E-state index contributed by atoms with van der Waals surface area (Å²) in [6, 6.07) is 9.19. The highest BCUT2D eigenvalue weighted by Crippen LogP contribution is 2.21. The van der Waals surface area contributed by atoms with Crippen molar-refractivity contribution in [1.82, 2.24) is 10.3 Å². The van der Waals surface area contributed by atoms with Gasteiger partial charge in [-0.15, -0.1) is 0 Å². The lowest BCUT2D eigenvalue weighted by molar-refractivity contribution is 0.102. The predicted molar refractivity (Wildman–Crippen MR) is 119 cm³/mol. The quantitative estimate of drug-likeness (QED) is 0.640. The molecule has 1 aliphatic rings. The molecule has 5 nitrogen and oxygen atoms in total. The minimum absolute atomic E-state index is 0.0326. The van der Waals surface area contributed by atoms with Crippen molar-refractivity contribution in [1.29, 1.82) is 0 Å². The molecule has 1 aliphatic heterocycles. The molecule has 2 heterocycles. The van der Waals surface area contributed by atoms with Gasteiger partial charge in [0, 0.05) is 18.1 Å². The van der Waals surface area contributed by atoms with Gasteiger partial charge in [-0.2, -0.15) is 0 Å². The van der Waals surface area contributed by atoms with E-state index in [4.69, 9.17) is 23.2 Å². The molecule has 0 spiro atoms. The van der Waals surface area contributed by atoms with Gasteiger partial charge in [0.25, 0.3) is 5.91 Å². The van der Waals surface area contributed by atoms with Crippen LogP contribution in [0.25, 0.3) is 0 Å². The van der Waals surface area contributed by atoms with Crippen LogP contribution >= 0.6 is 23.2 Å². The van der Waals surface area contributed by atoms with Crippen LogP contribution in [0.15, 0.2) is 71.8 Å². The van der Waals surface area contributed by atoms with Gasteiger partial charge < -0.3 is 10.6 Å². The highest BCUT2D eigenvalue weighted by atomic mass is 35.5. The summed E-state index contributed by atoms with van der Waals surface area (Å²) in [5.74, 6) is 0.822. The molecule has 0 aliphatic carbocycles. The maximum absolute atomic E-state index is 12.4. The van der Waals surface area contributed by atoms with E-state index in [1.807, 2.05) is 43.3 Å².